The Morgan fingerprint density at radius 3 is 2.86 bits per heavy atom. The molecule has 0 spiro atoms. The molecule has 14 heavy (non-hydrogen) atoms. The molecule has 1 heterocycles. The maximum absolute atomic E-state index is 6.17. The Morgan fingerprint density at radius 1 is 1.29 bits per heavy atom. The van der Waals surface area contributed by atoms with Gasteiger partial charge in [-0.2, -0.15) is 0 Å². The fourth-order valence-corrected chi connectivity index (χ4v) is 3.08. The summed E-state index contributed by atoms with van der Waals surface area (Å²) >= 11 is 7.93. The molecule has 3 heteroatoms. The smallest absolute Gasteiger partial charge is 0.0544 e. The van der Waals surface area contributed by atoms with Gasteiger partial charge >= 0.3 is 0 Å². The molecule has 0 unspecified atom stereocenters. The highest BCUT2D eigenvalue weighted by atomic mass is 35.5. The van der Waals surface area contributed by atoms with E-state index in [0.717, 1.165) is 31.0 Å². The molecule has 76 valence electrons. The van der Waals surface area contributed by atoms with Crippen molar-refractivity contribution in [2.45, 2.75) is 17.7 Å². The van der Waals surface area contributed by atoms with Crippen molar-refractivity contribution in [3.63, 3.8) is 0 Å². The first-order chi connectivity index (χ1) is 6.83. The van der Waals surface area contributed by atoms with Crippen LogP contribution in [0.4, 0.5) is 0 Å². The second-order valence-electron chi connectivity index (χ2n) is 3.47. The summed E-state index contributed by atoms with van der Waals surface area (Å²) < 4.78 is 0. The van der Waals surface area contributed by atoms with Crippen LogP contribution in [0.2, 0.25) is 5.02 Å². The molecule has 0 saturated carbocycles. The van der Waals surface area contributed by atoms with Crippen LogP contribution in [-0.4, -0.2) is 19.3 Å². The van der Waals surface area contributed by atoms with Crippen molar-refractivity contribution in [3.8, 4) is 0 Å². The van der Waals surface area contributed by atoms with Crippen molar-refractivity contribution in [3.05, 3.63) is 28.3 Å². The van der Waals surface area contributed by atoms with Gasteiger partial charge in [-0.05, 0) is 49.4 Å². The van der Waals surface area contributed by atoms with Gasteiger partial charge in [-0.25, -0.2) is 0 Å². The van der Waals surface area contributed by atoms with Crippen molar-refractivity contribution in [2.24, 2.45) is 0 Å². The number of fused-ring (bicyclic) bond motifs is 1. The van der Waals surface area contributed by atoms with Crippen LogP contribution in [0, 0.1) is 0 Å². The molecule has 0 amide bonds. The zero-order chi connectivity index (χ0) is 9.97. The number of nitrogens with one attached hydrogen (secondary N) is 1. The predicted molar refractivity (Wildman–Crippen MR) is 63.5 cm³/mol. The summed E-state index contributed by atoms with van der Waals surface area (Å²) in [6.45, 7) is 2.16. The van der Waals surface area contributed by atoms with Crippen molar-refractivity contribution in [1.82, 2.24) is 5.32 Å². The van der Waals surface area contributed by atoms with E-state index in [0.29, 0.717) is 0 Å². The Hall–Kier alpha value is -0.180. The van der Waals surface area contributed by atoms with E-state index in [2.05, 4.69) is 17.6 Å². The summed E-state index contributed by atoms with van der Waals surface area (Å²) in [6.07, 6.45) is 4.33. The standard InChI is InChI=1S/C11H14ClNS/c1-14-11-9-5-7-13-6-4-8(9)2-3-10(11)12/h2-3,13H,4-7H2,1H3. The van der Waals surface area contributed by atoms with Gasteiger partial charge in [0.2, 0.25) is 0 Å². The second kappa shape index (κ2) is 4.56. The molecule has 0 fully saturated rings. The highest BCUT2D eigenvalue weighted by molar-refractivity contribution is 7.98. The number of thioether (sulfide) groups is 1. The third kappa shape index (κ3) is 1.92. The first-order valence-corrected chi connectivity index (χ1v) is 6.48. The molecule has 0 aromatic heterocycles. The van der Waals surface area contributed by atoms with E-state index in [1.165, 1.54) is 16.0 Å². The molecule has 0 bridgehead atoms. The van der Waals surface area contributed by atoms with Gasteiger partial charge in [0, 0.05) is 4.90 Å². The lowest BCUT2D eigenvalue weighted by atomic mass is 10.0. The maximum atomic E-state index is 6.17. The van der Waals surface area contributed by atoms with Gasteiger partial charge in [-0.3, -0.25) is 0 Å². The van der Waals surface area contributed by atoms with E-state index in [9.17, 15) is 0 Å². The van der Waals surface area contributed by atoms with Crippen LogP contribution in [0.25, 0.3) is 0 Å². The summed E-state index contributed by atoms with van der Waals surface area (Å²) in [6, 6.07) is 4.20. The minimum Gasteiger partial charge on any atom is -0.316 e. The minimum absolute atomic E-state index is 0.901. The summed E-state index contributed by atoms with van der Waals surface area (Å²) in [7, 11) is 0. The fraction of sp³-hybridized carbons (Fsp3) is 0.455. The molecule has 0 saturated heterocycles. The van der Waals surface area contributed by atoms with Gasteiger partial charge in [0.05, 0.1) is 5.02 Å². The van der Waals surface area contributed by atoms with Crippen molar-refractivity contribution >= 4 is 23.4 Å². The molecule has 0 aliphatic carbocycles. The third-order valence-electron chi connectivity index (χ3n) is 2.64. The van der Waals surface area contributed by atoms with E-state index in [4.69, 9.17) is 11.6 Å². The van der Waals surface area contributed by atoms with Crippen molar-refractivity contribution in [1.29, 1.82) is 0 Å². The minimum atomic E-state index is 0.901. The molecule has 1 aliphatic rings. The summed E-state index contributed by atoms with van der Waals surface area (Å²) in [5.41, 5.74) is 2.92. The molecule has 1 aliphatic heterocycles. The fourth-order valence-electron chi connectivity index (χ4n) is 1.93. The van der Waals surface area contributed by atoms with E-state index in [1.807, 2.05) is 6.07 Å². The Balaban J connectivity index is 2.48. The lowest BCUT2D eigenvalue weighted by molar-refractivity contribution is 0.709. The van der Waals surface area contributed by atoms with Gasteiger partial charge in [-0.1, -0.05) is 17.7 Å². The highest BCUT2D eigenvalue weighted by Crippen LogP contribution is 2.32. The van der Waals surface area contributed by atoms with Gasteiger partial charge in [-0.15, -0.1) is 11.8 Å². The molecule has 0 atom stereocenters. The Morgan fingerprint density at radius 2 is 2.07 bits per heavy atom. The zero-order valence-electron chi connectivity index (χ0n) is 8.27. The van der Waals surface area contributed by atoms with Crippen LogP contribution >= 0.6 is 23.4 Å². The van der Waals surface area contributed by atoms with E-state index < -0.39 is 0 Å². The third-order valence-corrected chi connectivity index (χ3v) is 3.94. The highest BCUT2D eigenvalue weighted by Gasteiger charge is 2.13. The second-order valence-corrected chi connectivity index (χ2v) is 4.69. The van der Waals surface area contributed by atoms with Crippen LogP contribution in [0.15, 0.2) is 17.0 Å². The van der Waals surface area contributed by atoms with Crippen molar-refractivity contribution in [2.75, 3.05) is 19.3 Å². The largest absolute Gasteiger partial charge is 0.316 e. The molecule has 1 aromatic rings. The quantitative estimate of drug-likeness (QED) is 0.741. The SMILES string of the molecule is CSc1c(Cl)ccc2c1CCNCC2. The number of hydrogen-bond donors (Lipinski definition) is 1. The number of benzene rings is 1. The average Bonchev–Trinajstić information content (AvgIpc) is 2.42. The van der Waals surface area contributed by atoms with Crippen molar-refractivity contribution < 1.29 is 0 Å². The molecule has 1 aromatic carbocycles. The molecule has 1 nitrogen and oxygen atoms in total. The monoisotopic (exact) mass is 227 g/mol. The predicted octanol–water partition coefficient (Wildman–Crippen LogP) is 2.75. The van der Waals surface area contributed by atoms with Gasteiger partial charge in [0.15, 0.2) is 0 Å². The van der Waals surface area contributed by atoms with Crippen LogP contribution in [-0.2, 0) is 12.8 Å². The molecule has 2 rings (SSSR count). The molecular weight excluding hydrogens is 214 g/mol. The Bertz CT molecular complexity index is 338. The first kappa shape index (κ1) is 10.3. The molecule has 0 radical (unpaired) electrons. The Kier molecular flexibility index (Phi) is 3.37. The summed E-state index contributed by atoms with van der Waals surface area (Å²) in [4.78, 5) is 1.27. The van der Waals surface area contributed by atoms with Crippen LogP contribution in [0.5, 0.6) is 0 Å². The average molecular weight is 228 g/mol. The normalized spacial score (nSPS) is 16.1. The summed E-state index contributed by atoms with van der Waals surface area (Å²) in [5.74, 6) is 0. The summed E-state index contributed by atoms with van der Waals surface area (Å²) in [5, 5.41) is 4.31. The first-order valence-electron chi connectivity index (χ1n) is 4.88. The van der Waals surface area contributed by atoms with Crippen LogP contribution in [0.1, 0.15) is 11.1 Å². The number of rotatable bonds is 1. The van der Waals surface area contributed by atoms with Crippen LogP contribution in [0.3, 0.4) is 0 Å². The number of halogens is 1. The van der Waals surface area contributed by atoms with Gasteiger partial charge < -0.3 is 5.32 Å². The van der Waals surface area contributed by atoms with E-state index in [1.54, 1.807) is 11.8 Å². The lowest BCUT2D eigenvalue weighted by Crippen LogP contribution is -2.16. The van der Waals surface area contributed by atoms with Gasteiger partial charge in [0.1, 0.15) is 0 Å². The lowest BCUT2D eigenvalue weighted by Gasteiger charge is -2.11. The maximum Gasteiger partial charge on any atom is 0.0544 e. The number of hydrogen-bond acceptors (Lipinski definition) is 2. The van der Waals surface area contributed by atoms with Crippen LogP contribution < -0.4 is 5.32 Å². The topological polar surface area (TPSA) is 12.0 Å². The Labute approximate surface area is 94.2 Å². The van der Waals surface area contributed by atoms with E-state index in [-0.39, 0.29) is 0 Å². The molecule has 1 N–H and O–H groups in total. The molecular formula is C11H14ClNS. The van der Waals surface area contributed by atoms with E-state index >= 15 is 0 Å². The zero-order valence-corrected chi connectivity index (χ0v) is 9.84. The van der Waals surface area contributed by atoms with Gasteiger partial charge in [0.25, 0.3) is 0 Å².